The summed E-state index contributed by atoms with van der Waals surface area (Å²) in [5.74, 6) is -2.43. The van der Waals surface area contributed by atoms with Crippen molar-refractivity contribution in [1.29, 1.82) is 0 Å². The standard InChI is InChI=1S/C23H25FN2O3/c1-3-25(4-2)14-15-26-20(16-8-6-5-7-9-16)19(22(28)23(26)29)21(27)17-10-12-18(24)13-11-17/h5-13,20,27H,3-4,14-15H2,1-2H3. The Kier molecular flexibility index (Phi) is 6.44. The average molecular weight is 396 g/mol. The van der Waals surface area contributed by atoms with E-state index in [2.05, 4.69) is 13.8 Å². The van der Waals surface area contributed by atoms with E-state index in [-0.39, 0.29) is 11.1 Å². The minimum atomic E-state index is -0.775. The minimum absolute atomic E-state index is 0.0673. The number of nitrogens with one attached hydrogen (secondary N) is 1. The number of carbonyl (C=O) groups excluding carboxylic acids is 2. The third-order valence-corrected chi connectivity index (χ3v) is 5.46. The lowest BCUT2D eigenvalue weighted by atomic mass is 9.95. The molecule has 152 valence electrons. The van der Waals surface area contributed by atoms with Gasteiger partial charge in [-0.15, -0.1) is 0 Å². The Morgan fingerprint density at radius 3 is 2.24 bits per heavy atom. The molecule has 1 heterocycles. The Morgan fingerprint density at radius 2 is 1.66 bits per heavy atom. The normalized spacial score (nSPS) is 18.6. The highest BCUT2D eigenvalue weighted by Gasteiger charge is 2.44. The Labute approximate surface area is 170 Å². The first-order valence-corrected chi connectivity index (χ1v) is 9.88. The number of carbonyl (C=O) groups is 2. The molecule has 1 amide bonds. The molecule has 0 radical (unpaired) electrons. The molecule has 1 N–H and O–H groups in total. The molecule has 2 aromatic rings. The van der Waals surface area contributed by atoms with Gasteiger partial charge in [-0.1, -0.05) is 48.2 Å². The van der Waals surface area contributed by atoms with Crippen molar-refractivity contribution < 1.29 is 24.0 Å². The van der Waals surface area contributed by atoms with Crippen LogP contribution in [-0.2, 0) is 9.59 Å². The summed E-state index contributed by atoms with van der Waals surface area (Å²) in [4.78, 5) is 28.4. The Hall–Kier alpha value is -2.99. The number of rotatable bonds is 7. The van der Waals surface area contributed by atoms with Gasteiger partial charge in [0, 0.05) is 5.57 Å². The lowest BCUT2D eigenvalue weighted by Crippen LogP contribution is -3.12. The van der Waals surface area contributed by atoms with Gasteiger partial charge in [-0.05, 0) is 37.1 Å². The Morgan fingerprint density at radius 1 is 1.03 bits per heavy atom. The molecular formula is C23H25FN2O3. The lowest BCUT2D eigenvalue weighted by Gasteiger charge is -2.28. The number of Topliss-reactive ketones (excluding diaryl/α,β-unsaturated/α-hetero) is 1. The molecule has 0 saturated carbocycles. The van der Waals surface area contributed by atoms with Crippen molar-refractivity contribution in [2.75, 3.05) is 26.2 Å². The number of hydrogen-bond acceptors (Lipinski definition) is 3. The van der Waals surface area contributed by atoms with Crippen molar-refractivity contribution in [1.82, 2.24) is 4.90 Å². The molecule has 1 unspecified atom stereocenters. The number of likely N-dealkylation sites (N-methyl/N-ethyl adjacent to an activating group) is 1. The number of halogens is 1. The predicted octanol–water partition coefficient (Wildman–Crippen LogP) is 0.974. The second kappa shape index (κ2) is 9.01. The van der Waals surface area contributed by atoms with Crippen LogP contribution in [0.5, 0.6) is 0 Å². The number of nitrogens with zero attached hydrogens (tertiary/aromatic N) is 1. The second-order valence-electron chi connectivity index (χ2n) is 7.10. The summed E-state index contributed by atoms with van der Waals surface area (Å²) in [6.45, 7) is 7.02. The van der Waals surface area contributed by atoms with Crippen LogP contribution in [0.3, 0.4) is 0 Å². The fraction of sp³-hybridized carbons (Fsp3) is 0.304. The zero-order chi connectivity index (χ0) is 21.0. The first kappa shape index (κ1) is 20.7. The summed E-state index contributed by atoms with van der Waals surface area (Å²) < 4.78 is 13.3. The third kappa shape index (κ3) is 4.22. The summed E-state index contributed by atoms with van der Waals surface area (Å²) in [6.07, 6.45) is 0. The molecule has 0 bridgehead atoms. The van der Waals surface area contributed by atoms with Gasteiger partial charge in [0.15, 0.2) is 0 Å². The van der Waals surface area contributed by atoms with E-state index in [1.54, 1.807) is 0 Å². The molecule has 1 aliphatic heterocycles. The van der Waals surface area contributed by atoms with Crippen LogP contribution in [0.25, 0.3) is 5.76 Å². The van der Waals surface area contributed by atoms with Crippen molar-refractivity contribution in [3.63, 3.8) is 0 Å². The van der Waals surface area contributed by atoms with E-state index in [0.29, 0.717) is 18.7 Å². The van der Waals surface area contributed by atoms with E-state index >= 15 is 0 Å². The second-order valence-corrected chi connectivity index (χ2v) is 7.10. The van der Waals surface area contributed by atoms with Gasteiger partial charge in [-0.3, -0.25) is 9.59 Å². The van der Waals surface area contributed by atoms with E-state index in [1.165, 1.54) is 34.1 Å². The lowest BCUT2D eigenvalue weighted by molar-refractivity contribution is -0.895. The first-order valence-electron chi connectivity index (χ1n) is 9.88. The van der Waals surface area contributed by atoms with E-state index in [9.17, 15) is 19.1 Å². The van der Waals surface area contributed by atoms with Crippen molar-refractivity contribution >= 4 is 17.4 Å². The van der Waals surface area contributed by atoms with Crippen molar-refractivity contribution in [3.8, 4) is 0 Å². The van der Waals surface area contributed by atoms with Crippen LogP contribution in [0.4, 0.5) is 4.39 Å². The first-order chi connectivity index (χ1) is 14.0. The summed E-state index contributed by atoms with van der Waals surface area (Å²) in [7, 11) is 0. The number of ketones is 1. The van der Waals surface area contributed by atoms with Gasteiger partial charge >= 0.3 is 0 Å². The predicted molar refractivity (Wildman–Crippen MR) is 106 cm³/mol. The van der Waals surface area contributed by atoms with Crippen molar-refractivity contribution in [3.05, 3.63) is 77.1 Å². The van der Waals surface area contributed by atoms with E-state index in [0.717, 1.165) is 13.1 Å². The highest BCUT2D eigenvalue weighted by Crippen LogP contribution is 2.38. The summed E-state index contributed by atoms with van der Waals surface area (Å²) in [6, 6.07) is 13.4. The summed E-state index contributed by atoms with van der Waals surface area (Å²) in [5.41, 5.74) is 0.841. The van der Waals surface area contributed by atoms with Gasteiger partial charge in [0.2, 0.25) is 5.78 Å². The maximum absolute atomic E-state index is 13.3. The van der Waals surface area contributed by atoms with Crippen LogP contribution in [0.2, 0.25) is 0 Å². The van der Waals surface area contributed by atoms with Crippen LogP contribution in [0.1, 0.15) is 31.0 Å². The molecule has 6 heteroatoms. The molecule has 0 aliphatic carbocycles. The molecule has 3 rings (SSSR count). The Bertz CT molecular complexity index is 905. The number of benzene rings is 2. The fourth-order valence-corrected chi connectivity index (χ4v) is 3.72. The topological polar surface area (TPSA) is 64.9 Å². The van der Waals surface area contributed by atoms with Crippen LogP contribution < -0.4 is 10.0 Å². The molecule has 1 aliphatic rings. The molecule has 1 atom stereocenters. The molecule has 0 aromatic heterocycles. The van der Waals surface area contributed by atoms with Gasteiger partial charge in [-0.25, -0.2) is 4.39 Å². The highest BCUT2D eigenvalue weighted by molar-refractivity contribution is 6.46. The van der Waals surface area contributed by atoms with Gasteiger partial charge < -0.3 is 14.9 Å². The number of quaternary nitrogens is 1. The zero-order valence-corrected chi connectivity index (χ0v) is 16.7. The van der Waals surface area contributed by atoms with E-state index in [4.69, 9.17) is 0 Å². The van der Waals surface area contributed by atoms with Crippen molar-refractivity contribution in [2.24, 2.45) is 0 Å². The summed E-state index contributed by atoms with van der Waals surface area (Å²) >= 11 is 0. The maximum Gasteiger partial charge on any atom is 0.295 e. The molecule has 5 nitrogen and oxygen atoms in total. The fourth-order valence-electron chi connectivity index (χ4n) is 3.72. The van der Waals surface area contributed by atoms with Gasteiger partial charge in [-0.2, -0.15) is 0 Å². The molecule has 1 saturated heterocycles. The van der Waals surface area contributed by atoms with Gasteiger partial charge in [0.05, 0.1) is 32.2 Å². The van der Waals surface area contributed by atoms with Crippen LogP contribution >= 0.6 is 0 Å². The van der Waals surface area contributed by atoms with Crippen molar-refractivity contribution in [2.45, 2.75) is 19.9 Å². The molecule has 0 spiro atoms. The highest BCUT2D eigenvalue weighted by atomic mass is 19.1. The quantitative estimate of drug-likeness (QED) is 0.431. The maximum atomic E-state index is 13.3. The van der Waals surface area contributed by atoms with E-state index < -0.39 is 29.3 Å². The summed E-state index contributed by atoms with van der Waals surface area (Å²) in [5, 5.41) is 13.1. The minimum Gasteiger partial charge on any atom is -0.872 e. The van der Waals surface area contributed by atoms with Crippen LogP contribution in [-0.4, -0.2) is 42.8 Å². The smallest absolute Gasteiger partial charge is 0.295 e. The molecule has 2 aromatic carbocycles. The molecule has 1 fully saturated rings. The average Bonchev–Trinajstić information content (AvgIpc) is 3.00. The number of hydrogen-bond donors (Lipinski definition) is 1. The number of likely N-dealkylation sites (tertiary alicyclic amines) is 1. The SMILES string of the molecule is CC[NH+](CC)CCN1C(=O)C(=O)C(=C([O-])c2ccc(F)cc2)C1c1ccccc1. The Balaban J connectivity index is 2.06. The monoisotopic (exact) mass is 396 g/mol. The van der Waals surface area contributed by atoms with E-state index in [1.807, 2.05) is 30.3 Å². The number of amides is 1. The third-order valence-electron chi connectivity index (χ3n) is 5.46. The van der Waals surface area contributed by atoms with Crippen LogP contribution in [0.15, 0.2) is 60.2 Å². The van der Waals surface area contributed by atoms with Gasteiger partial charge in [0.1, 0.15) is 5.82 Å². The largest absolute Gasteiger partial charge is 0.872 e. The van der Waals surface area contributed by atoms with Crippen LogP contribution in [0, 0.1) is 5.82 Å². The zero-order valence-electron chi connectivity index (χ0n) is 16.7. The van der Waals surface area contributed by atoms with Gasteiger partial charge in [0.25, 0.3) is 5.91 Å². The molecule has 29 heavy (non-hydrogen) atoms. The molecular weight excluding hydrogens is 371 g/mol.